The van der Waals surface area contributed by atoms with Crippen molar-refractivity contribution >= 4 is 12.0 Å². The van der Waals surface area contributed by atoms with Crippen molar-refractivity contribution in [2.45, 2.75) is 25.5 Å². The molecule has 0 aromatic carbocycles. The van der Waals surface area contributed by atoms with E-state index >= 15 is 0 Å². The second-order valence-electron chi connectivity index (χ2n) is 5.97. The van der Waals surface area contributed by atoms with Gasteiger partial charge >= 0.3 is 12.0 Å². The molecular formula is C13H22N2O5. The van der Waals surface area contributed by atoms with Gasteiger partial charge in [0.2, 0.25) is 0 Å². The van der Waals surface area contributed by atoms with Crippen molar-refractivity contribution < 1.29 is 24.2 Å². The van der Waals surface area contributed by atoms with Gasteiger partial charge in [-0.05, 0) is 13.8 Å². The molecule has 0 spiro atoms. The van der Waals surface area contributed by atoms with Crippen LogP contribution in [0.5, 0.6) is 0 Å². The van der Waals surface area contributed by atoms with Gasteiger partial charge in [-0.2, -0.15) is 0 Å². The number of ether oxygens (including phenoxy) is 2. The third kappa shape index (κ3) is 3.04. The van der Waals surface area contributed by atoms with Crippen LogP contribution in [0.15, 0.2) is 0 Å². The highest BCUT2D eigenvalue weighted by Crippen LogP contribution is 2.22. The van der Waals surface area contributed by atoms with Crippen LogP contribution in [0.3, 0.4) is 0 Å². The van der Waals surface area contributed by atoms with Crippen LogP contribution >= 0.6 is 0 Å². The molecule has 0 aliphatic carbocycles. The number of likely N-dealkylation sites (N-methyl/N-ethyl adjacent to an activating group) is 1. The Hall–Kier alpha value is -1.34. The standard InChI is InChI=1S/C13H22N2O5/c1-13(2)8-15(4-5-20-13)12(18)14(3)10-7-19-6-9(10)11(16)17/h9-10H,4-8H2,1-3H3,(H,16,17). The van der Waals surface area contributed by atoms with Gasteiger partial charge in [-0.3, -0.25) is 4.79 Å². The normalized spacial score (nSPS) is 29.2. The Morgan fingerprint density at radius 1 is 1.35 bits per heavy atom. The summed E-state index contributed by atoms with van der Waals surface area (Å²) in [6.45, 7) is 5.82. The molecule has 2 heterocycles. The maximum atomic E-state index is 12.5. The molecule has 2 amide bonds. The van der Waals surface area contributed by atoms with Crippen LogP contribution < -0.4 is 0 Å². The molecule has 114 valence electrons. The number of urea groups is 1. The van der Waals surface area contributed by atoms with Crippen molar-refractivity contribution in [3.63, 3.8) is 0 Å². The molecular weight excluding hydrogens is 264 g/mol. The lowest BCUT2D eigenvalue weighted by Gasteiger charge is -2.40. The molecule has 2 aliphatic rings. The smallest absolute Gasteiger partial charge is 0.320 e. The molecule has 2 rings (SSSR count). The number of hydrogen-bond acceptors (Lipinski definition) is 4. The van der Waals surface area contributed by atoms with Crippen LogP contribution in [0.2, 0.25) is 0 Å². The maximum Gasteiger partial charge on any atom is 0.320 e. The SMILES string of the molecule is CN(C(=O)N1CCOC(C)(C)C1)C1COCC1C(=O)O. The Labute approximate surface area is 118 Å². The zero-order chi connectivity index (χ0) is 14.9. The van der Waals surface area contributed by atoms with Crippen molar-refractivity contribution in [3.8, 4) is 0 Å². The van der Waals surface area contributed by atoms with E-state index in [1.165, 1.54) is 4.90 Å². The van der Waals surface area contributed by atoms with E-state index in [-0.39, 0.29) is 24.8 Å². The zero-order valence-corrected chi connectivity index (χ0v) is 12.2. The summed E-state index contributed by atoms with van der Waals surface area (Å²) in [5, 5.41) is 9.16. The summed E-state index contributed by atoms with van der Waals surface area (Å²) in [4.78, 5) is 26.9. The van der Waals surface area contributed by atoms with Crippen LogP contribution in [0.1, 0.15) is 13.8 Å². The highest BCUT2D eigenvalue weighted by atomic mass is 16.5. The number of morpholine rings is 1. The van der Waals surface area contributed by atoms with Gasteiger partial charge in [0.1, 0.15) is 5.92 Å². The van der Waals surface area contributed by atoms with E-state index in [0.717, 1.165) is 0 Å². The van der Waals surface area contributed by atoms with Crippen LogP contribution in [-0.2, 0) is 14.3 Å². The monoisotopic (exact) mass is 286 g/mol. The summed E-state index contributed by atoms with van der Waals surface area (Å²) >= 11 is 0. The minimum atomic E-state index is -0.922. The van der Waals surface area contributed by atoms with Gasteiger partial charge < -0.3 is 24.4 Å². The number of rotatable bonds is 2. The van der Waals surface area contributed by atoms with Crippen molar-refractivity contribution in [1.82, 2.24) is 9.80 Å². The number of carboxylic acids is 1. The Balaban J connectivity index is 2.03. The largest absolute Gasteiger partial charge is 0.481 e. The lowest BCUT2D eigenvalue weighted by molar-refractivity contribution is -0.142. The first-order valence-electron chi connectivity index (χ1n) is 6.78. The predicted octanol–water partition coefficient (Wildman–Crippen LogP) is 0.249. The Morgan fingerprint density at radius 2 is 2.05 bits per heavy atom. The van der Waals surface area contributed by atoms with E-state index in [1.54, 1.807) is 11.9 Å². The fourth-order valence-electron chi connectivity index (χ4n) is 2.71. The van der Waals surface area contributed by atoms with E-state index < -0.39 is 17.9 Å². The van der Waals surface area contributed by atoms with Gasteiger partial charge in [0.15, 0.2) is 0 Å². The first-order valence-corrected chi connectivity index (χ1v) is 6.78. The summed E-state index contributed by atoms with van der Waals surface area (Å²) in [6.07, 6.45) is 0. The van der Waals surface area contributed by atoms with Crippen LogP contribution in [0.25, 0.3) is 0 Å². The van der Waals surface area contributed by atoms with Crippen LogP contribution in [0.4, 0.5) is 4.79 Å². The first kappa shape index (κ1) is 15.1. The number of amides is 2. The molecule has 0 radical (unpaired) electrons. The highest BCUT2D eigenvalue weighted by molar-refractivity contribution is 5.77. The average Bonchev–Trinajstić information content (AvgIpc) is 2.85. The van der Waals surface area contributed by atoms with Crippen molar-refractivity contribution in [3.05, 3.63) is 0 Å². The molecule has 0 aromatic rings. The molecule has 2 aliphatic heterocycles. The molecule has 2 unspecified atom stereocenters. The van der Waals surface area contributed by atoms with Crippen LogP contribution in [-0.4, -0.2) is 78.5 Å². The summed E-state index contributed by atoms with van der Waals surface area (Å²) in [5.74, 6) is -1.58. The van der Waals surface area contributed by atoms with Gasteiger partial charge in [0.05, 0.1) is 38.0 Å². The molecule has 0 saturated carbocycles. The number of carbonyl (C=O) groups excluding carboxylic acids is 1. The third-order valence-electron chi connectivity index (χ3n) is 3.86. The maximum absolute atomic E-state index is 12.5. The summed E-state index contributed by atoms with van der Waals surface area (Å²) in [7, 11) is 1.64. The molecule has 0 aromatic heterocycles. The third-order valence-corrected chi connectivity index (χ3v) is 3.86. The lowest BCUT2D eigenvalue weighted by atomic mass is 10.0. The zero-order valence-electron chi connectivity index (χ0n) is 12.2. The fourth-order valence-corrected chi connectivity index (χ4v) is 2.71. The summed E-state index contributed by atoms with van der Waals surface area (Å²) in [5.41, 5.74) is -0.368. The summed E-state index contributed by atoms with van der Waals surface area (Å²) in [6, 6.07) is -0.575. The number of carboxylic acid groups (broad SMARTS) is 1. The molecule has 20 heavy (non-hydrogen) atoms. The van der Waals surface area contributed by atoms with Gasteiger partial charge in [0.25, 0.3) is 0 Å². The van der Waals surface area contributed by atoms with E-state index in [0.29, 0.717) is 19.7 Å². The van der Waals surface area contributed by atoms with E-state index in [2.05, 4.69) is 0 Å². The minimum Gasteiger partial charge on any atom is -0.481 e. The number of nitrogens with zero attached hydrogens (tertiary/aromatic N) is 2. The first-order chi connectivity index (χ1) is 9.32. The van der Waals surface area contributed by atoms with E-state index in [1.807, 2.05) is 13.8 Å². The van der Waals surface area contributed by atoms with E-state index in [9.17, 15) is 9.59 Å². The molecule has 7 nitrogen and oxygen atoms in total. The molecule has 1 N–H and O–H groups in total. The number of aliphatic carboxylic acids is 1. The second-order valence-corrected chi connectivity index (χ2v) is 5.97. The number of carbonyl (C=O) groups is 2. The Kier molecular flexibility index (Phi) is 4.19. The lowest BCUT2D eigenvalue weighted by Crippen LogP contribution is -2.56. The Morgan fingerprint density at radius 3 is 2.65 bits per heavy atom. The molecule has 7 heteroatoms. The minimum absolute atomic E-state index is 0.159. The topological polar surface area (TPSA) is 79.3 Å². The number of hydrogen-bond donors (Lipinski definition) is 1. The van der Waals surface area contributed by atoms with E-state index in [4.69, 9.17) is 14.6 Å². The van der Waals surface area contributed by atoms with Crippen molar-refractivity contribution in [1.29, 1.82) is 0 Å². The molecule has 2 saturated heterocycles. The average molecular weight is 286 g/mol. The fraction of sp³-hybridized carbons (Fsp3) is 0.846. The van der Waals surface area contributed by atoms with Gasteiger partial charge in [-0.15, -0.1) is 0 Å². The highest BCUT2D eigenvalue weighted by Gasteiger charge is 2.40. The van der Waals surface area contributed by atoms with Crippen molar-refractivity contribution in [2.75, 3.05) is 40.0 Å². The second kappa shape index (κ2) is 5.57. The molecule has 0 bridgehead atoms. The van der Waals surface area contributed by atoms with Gasteiger partial charge in [0, 0.05) is 13.6 Å². The summed E-state index contributed by atoms with van der Waals surface area (Å²) < 4.78 is 10.8. The van der Waals surface area contributed by atoms with Gasteiger partial charge in [-0.1, -0.05) is 0 Å². The molecule has 2 fully saturated rings. The van der Waals surface area contributed by atoms with Gasteiger partial charge in [-0.25, -0.2) is 4.79 Å². The Bertz CT molecular complexity index is 398. The predicted molar refractivity (Wildman–Crippen MR) is 70.5 cm³/mol. The molecule has 2 atom stereocenters. The van der Waals surface area contributed by atoms with Crippen LogP contribution in [0, 0.1) is 5.92 Å². The van der Waals surface area contributed by atoms with Crippen molar-refractivity contribution in [2.24, 2.45) is 5.92 Å². The quantitative estimate of drug-likeness (QED) is 0.787.